The zero-order valence-corrected chi connectivity index (χ0v) is 18.5. The minimum atomic E-state index is -0.0417. The third-order valence-electron chi connectivity index (χ3n) is 5.53. The molecule has 33 heavy (non-hydrogen) atoms. The van der Waals surface area contributed by atoms with Gasteiger partial charge in [-0.3, -0.25) is 9.59 Å². The number of ketones is 2. The molecule has 0 unspecified atom stereocenters. The van der Waals surface area contributed by atoms with Crippen LogP contribution < -0.4 is 10.6 Å². The van der Waals surface area contributed by atoms with E-state index in [0.29, 0.717) is 11.1 Å². The number of anilines is 2. The Morgan fingerprint density at radius 3 is 1.36 bits per heavy atom. The normalized spacial score (nSPS) is 16.2. The van der Waals surface area contributed by atoms with Crippen LogP contribution in [-0.2, 0) is 26.1 Å². The molecule has 0 amide bonds. The molecule has 164 valence electrons. The Balaban J connectivity index is 0.00000259. The number of hydrogen-bond acceptors (Lipinski definition) is 4. The van der Waals surface area contributed by atoms with Crippen molar-refractivity contribution in [2.45, 2.75) is 0 Å². The van der Waals surface area contributed by atoms with Crippen LogP contribution >= 0.6 is 0 Å². The van der Waals surface area contributed by atoms with Crippen LogP contribution in [0.3, 0.4) is 0 Å². The van der Waals surface area contributed by atoms with Crippen LogP contribution in [0.1, 0.15) is 22.3 Å². The van der Waals surface area contributed by atoms with Gasteiger partial charge in [0.2, 0.25) is 0 Å². The second kappa shape index (κ2) is 9.68. The van der Waals surface area contributed by atoms with Crippen molar-refractivity contribution in [2.75, 3.05) is 10.6 Å². The third kappa shape index (κ3) is 4.50. The van der Waals surface area contributed by atoms with Gasteiger partial charge in [0.15, 0.2) is 11.6 Å². The first-order chi connectivity index (χ1) is 15.7. The molecule has 0 saturated heterocycles. The summed E-state index contributed by atoms with van der Waals surface area (Å²) in [5.74, 6) is -0.0834. The van der Waals surface area contributed by atoms with Crippen LogP contribution in [0, 0.1) is 0 Å². The molecule has 2 aliphatic carbocycles. The summed E-state index contributed by atoms with van der Waals surface area (Å²) in [4.78, 5) is 25.0. The summed E-state index contributed by atoms with van der Waals surface area (Å²) in [5.41, 5.74) is 6.63. The van der Waals surface area contributed by atoms with E-state index in [-0.39, 0.29) is 28.1 Å². The Morgan fingerprint density at radius 2 is 0.909 bits per heavy atom. The fourth-order valence-corrected chi connectivity index (χ4v) is 3.88. The number of rotatable bonds is 4. The van der Waals surface area contributed by atoms with Gasteiger partial charge in [0.25, 0.3) is 0 Å². The van der Waals surface area contributed by atoms with Crippen molar-refractivity contribution in [3.05, 3.63) is 120 Å². The van der Waals surface area contributed by atoms with E-state index in [1.807, 2.05) is 84.9 Å². The topological polar surface area (TPSA) is 58.2 Å². The van der Waals surface area contributed by atoms with Crippen LogP contribution in [0.5, 0.6) is 0 Å². The quantitative estimate of drug-likeness (QED) is 0.371. The van der Waals surface area contributed by atoms with Crippen molar-refractivity contribution < 1.29 is 26.1 Å². The van der Waals surface area contributed by atoms with Crippen molar-refractivity contribution in [2.24, 2.45) is 0 Å². The minimum absolute atomic E-state index is 0. The molecule has 0 atom stereocenters. The van der Waals surface area contributed by atoms with Crippen molar-refractivity contribution >= 4 is 46.2 Å². The standard InChI is InChI=1S/C28H20N2O2.Ni/c31-27-15-13-19-7-1-3-9-21(19)23(27)17-29-25-11-5-6-12-26(25)30-18-24-22-10-4-2-8-20(22)14-16-28(24)32;/h1-18,29-30H;. The predicted octanol–water partition coefficient (Wildman–Crippen LogP) is 5.78. The largest absolute Gasteiger partial charge is 0.359 e. The number of nitrogens with one attached hydrogen (secondary N) is 2. The van der Waals surface area contributed by atoms with Crippen LogP contribution in [0.15, 0.2) is 97.3 Å². The molecule has 0 aromatic heterocycles. The van der Waals surface area contributed by atoms with Gasteiger partial charge in [0.1, 0.15) is 0 Å². The minimum Gasteiger partial charge on any atom is -0.359 e. The summed E-state index contributed by atoms with van der Waals surface area (Å²) in [6.45, 7) is 0. The SMILES string of the molecule is O=C1C=Cc2ccccc2C1=CNc1ccccc1NC=C1C(=O)C=Cc2ccccc21.[Ni]. The van der Waals surface area contributed by atoms with Gasteiger partial charge in [-0.1, -0.05) is 72.8 Å². The van der Waals surface area contributed by atoms with E-state index in [4.69, 9.17) is 0 Å². The Morgan fingerprint density at radius 1 is 0.515 bits per heavy atom. The van der Waals surface area contributed by atoms with Gasteiger partial charge in [-0.2, -0.15) is 0 Å². The summed E-state index contributed by atoms with van der Waals surface area (Å²) < 4.78 is 0. The van der Waals surface area contributed by atoms with Gasteiger partial charge in [0, 0.05) is 40.0 Å². The number of carbonyl (C=O) groups is 2. The molecule has 3 aromatic rings. The van der Waals surface area contributed by atoms with Crippen LogP contribution in [0.2, 0.25) is 0 Å². The molecule has 0 radical (unpaired) electrons. The van der Waals surface area contributed by atoms with Crippen molar-refractivity contribution in [1.29, 1.82) is 0 Å². The van der Waals surface area contributed by atoms with E-state index >= 15 is 0 Å². The molecule has 4 nitrogen and oxygen atoms in total. The Hall–Kier alpha value is -3.95. The van der Waals surface area contributed by atoms with Gasteiger partial charge in [-0.05, 0) is 46.5 Å². The first-order valence-electron chi connectivity index (χ1n) is 10.4. The molecule has 2 aliphatic rings. The van der Waals surface area contributed by atoms with Crippen molar-refractivity contribution in [3.63, 3.8) is 0 Å². The van der Waals surface area contributed by atoms with E-state index < -0.39 is 0 Å². The van der Waals surface area contributed by atoms with Gasteiger partial charge < -0.3 is 10.6 Å². The van der Waals surface area contributed by atoms with Gasteiger partial charge in [-0.25, -0.2) is 0 Å². The summed E-state index contributed by atoms with van der Waals surface area (Å²) in [5, 5.41) is 6.53. The third-order valence-corrected chi connectivity index (χ3v) is 5.53. The molecule has 3 aromatic carbocycles. The molecule has 0 aliphatic heterocycles. The van der Waals surface area contributed by atoms with E-state index in [1.165, 1.54) is 0 Å². The first-order valence-corrected chi connectivity index (χ1v) is 10.4. The van der Waals surface area contributed by atoms with Crippen molar-refractivity contribution in [1.82, 2.24) is 0 Å². The molecule has 2 N–H and O–H groups in total. The average molecular weight is 475 g/mol. The molecular weight excluding hydrogens is 455 g/mol. The molecular formula is C28H20N2NiO2. The van der Waals surface area contributed by atoms with Gasteiger partial charge in [0.05, 0.1) is 11.4 Å². The molecule has 0 spiro atoms. The Labute approximate surface area is 202 Å². The monoisotopic (exact) mass is 474 g/mol. The number of benzene rings is 3. The van der Waals surface area contributed by atoms with E-state index in [9.17, 15) is 9.59 Å². The summed E-state index contributed by atoms with van der Waals surface area (Å²) in [7, 11) is 0. The van der Waals surface area contributed by atoms with Gasteiger partial charge >= 0.3 is 0 Å². The van der Waals surface area contributed by atoms with E-state index in [0.717, 1.165) is 33.6 Å². The average Bonchev–Trinajstić information content (AvgIpc) is 2.83. The summed E-state index contributed by atoms with van der Waals surface area (Å²) >= 11 is 0. The maximum Gasteiger partial charge on any atom is 0.187 e. The van der Waals surface area contributed by atoms with Crippen LogP contribution in [0.25, 0.3) is 23.3 Å². The first kappa shape index (κ1) is 22.3. The number of carbonyl (C=O) groups excluding carboxylic acids is 2. The Bertz CT molecular complexity index is 1260. The molecule has 5 rings (SSSR count). The van der Waals surface area contributed by atoms with E-state index in [1.54, 1.807) is 24.6 Å². The smallest absolute Gasteiger partial charge is 0.187 e. The van der Waals surface area contributed by atoms with Crippen LogP contribution in [0.4, 0.5) is 11.4 Å². The second-order valence-electron chi connectivity index (χ2n) is 7.52. The maximum absolute atomic E-state index is 12.5. The molecule has 0 fully saturated rings. The van der Waals surface area contributed by atoms with Crippen molar-refractivity contribution in [3.8, 4) is 0 Å². The second-order valence-corrected chi connectivity index (χ2v) is 7.52. The molecule has 5 heteroatoms. The number of hydrogen-bond donors (Lipinski definition) is 2. The number of para-hydroxylation sites is 2. The maximum atomic E-state index is 12.5. The van der Waals surface area contributed by atoms with Gasteiger partial charge in [-0.15, -0.1) is 0 Å². The zero-order valence-electron chi connectivity index (χ0n) is 17.5. The molecule has 0 heterocycles. The number of allylic oxidation sites excluding steroid dienone is 4. The summed E-state index contributed by atoms with van der Waals surface area (Å²) in [6.07, 6.45) is 10.3. The van der Waals surface area contributed by atoms with E-state index in [2.05, 4.69) is 10.6 Å². The predicted molar refractivity (Wildman–Crippen MR) is 131 cm³/mol. The van der Waals surface area contributed by atoms with Crippen LogP contribution in [-0.4, -0.2) is 11.6 Å². The summed E-state index contributed by atoms with van der Waals surface area (Å²) in [6, 6.07) is 23.3. The fourth-order valence-electron chi connectivity index (χ4n) is 3.88. The zero-order chi connectivity index (χ0) is 21.9. The molecule has 0 bridgehead atoms. The molecule has 0 saturated carbocycles. The number of fused-ring (bicyclic) bond motifs is 2. The Kier molecular flexibility index (Phi) is 6.53. The fraction of sp³-hybridized carbons (Fsp3) is 0.